The lowest BCUT2D eigenvalue weighted by molar-refractivity contribution is -0.128. The molecule has 0 spiro atoms. The van der Waals surface area contributed by atoms with Crippen molar-refractivity contribution in [3.05, 3.63) is 59.7 Å². The SMILES string of the molecule is COc1cc(C#N)ccc1OCC(=O)N[C@@H](Cc1ccccc1)C(C)=O. The van der Waals surface area contributed by atoms with Crippen molar-refractivity contribution < 1.29 is 19.1 Å². The summed E-state index contributed by atoms with van der Waals surface area (Å²) in [6, 6.07) is 15.5. The molecule has 0 aromatic heterocycles. The number of benzene rings is 2. The van der Waals surface area contributed by atoms with Gasteiger partial charge in [-0.25, -0.2) is 0 Å². The van der Waals surface area contributed by atoms with Crippen LogP contribution in [0.2, 0.25) is 0 Å². The molecule has 0 heterocycles. The standard InChI is InChI=1S/C20H20N2O4/c1-14(23)17(10-15-6-4-3-5-7-15)22-20(24)13-26-18-9-8-16(12-21)11-19(18)25-2/h3-9,11,17H,10,13H2,1-2H3,(H,22,24)/t17-/m0/s1. The maximum atomic E-state index is 12.2. The van der Waals surface area contributed by atoms with Crippen molar-refractivity contribution in [1.29, 1.82) is 5.26 Å². The van der Waals surface area contributed by atoms with Gasteiger partial charge in [-0.3, -0.25) is 9.59 Å². The second-order valence-corrected chi connectivity index (χ2v) is 5.69. The number of hydrogen-bond donors (Lipinski definition) is 1. The number of rotatable bonds is 8. The van der Waals surface area contributed by atoms with Crippen LogP contribution >= 0.6 is 0 Å². The van der Waals surface area contributed by atoms with E-state index in [2.05, 4.69) is 5.32 Å². The zero-order valence-corrected chi connectivity index (χ0v) is 14.7. The van der Waals surface area contributed by atoms with Crippen molar-refractivity contribution in [3.63, 3.8) is 0 Å². The van der Waals surface area contributed by atoms with Gasteiger partial charge in [-0.15, -0.1) is 0 Å². The Kier molecular flexibility index (Phi) is 6.75. The Morgan fingerprint density at radius 3 is 2.50 bits per heavy atom. The number of ketones is 1. The average molecular weight is 352 g/mol. The zero-order chi connectivity index (χ0) is 18.9. The smallest absolute Gasteiger partial charge is 0.258 e. The Balaban J connectivity index is 1.96. The maximum Gasteiger partial charge on any atom is 0.258 e. The first-order valence-electron chi connectivity index (χ1n) is 8.08. The predicted octanol–water partition coefficient (Wildman–Crippen LogP) is 2.26. The largest absolute Gasteiger partial charge is 0.493 e. The molecule has 0 unspecified atom stereocenters. The van der Waals surface area contributed by atoms with Gasteiger partial charge in [0.2, 0.25) is 0 Å². The van der Waals surface area contributed by atoms with Crippen LogP contribution in [0.3, 0.4) is 0 Å². The van der Waals surface area contributed by atoms with Gasteiger partial charge in [-0.05, 0) is 31.0 Å². The van der Waals surface area contributed by atoms with Crippen LogP contribution in [0, 0.1) is 11.3 Å². The van der Waals surface area contributed by atoms with E-state index < -0.39 is 11.9 Å². The molecule has 1 atom stereocenters. The molecule has 1 N–H and O–H groups in total. The lowest BCUT2D eigenvalue weighted by Gasteiger charge is -2.17. The molecule has 26 heavy (non-hydrogen) atoms. The van der Waals surface area contributed by atoms with E-state index in [1.54, 1.807) is 12.1 Å². The number of Topliss-reactive ketones (excluding diaryl/α,β-unsaturated/α-hetero) is 1. The van der Waals surface area contributed by atoms with Crippen LogP contribution in [0.1, 0.15) is 18.1 Å². The highest BCUT2D eigenvalue weighted by Crippen LogP contribution is 2.27. The summed E-state index contributed by atoms with van der Waals surface area (Å²) in [4.78, 5) is 24.0. The summed E-state index contributed by atoms with van der Waals surface area (Å²) in [5.41, 5.74) is 1.39. The summed E-state index contributed by atoms with van der Waals surface area (Å²) in [7, 11) is 1.45. The monoisotopic (exact) mass is 352 g/mol. The molecule has 0 bridgehead atoms. The third-order valence-electron chi connectivity index (χ3n) is 3.76. The molecular formula is C20H20N2O4. The fourth-order valence-corrected chi connectivity index (χ4v) is 2.38. The van der Waals surface area contributed by atoms with Crippen LogP contribution in [0.15, 0.2) is 48.5 Å². The molecule has 2 aromatic carbocycles. The number of nitriles is 1. The maximum absolute atomic E-state index is 12.2. The van der Waals surface area contributed by atoms with E-state index >= 15 is 0 Å². The van der Waals surface area contributed by atoms with Gasteiger partial charge in [-0.2, -0.15) is 5.26 Å². The van der Waals surface area contributed by atoms with Crippen molar-refractivity contribution in [2.75, 3.05) is 13.7 Å². The highest BCUT2D eigenvalue weighted by molar-refractivity contribution is 5.88. The number of nitrogens with one attached hydrogen (secondary N) is 1. The molecule has 0 saturated carbocycles. The van der Waals surface area contributed by atoms with Crippen molar-refractivity contribution >= 4 is 11.7 Å². The molecule has 2 rings (SSSR count). The lowest BCUT2D eigenvalue weighted by atomic mass is 10.0. The van der Waals surface area contributed by atoms with E-state index in [4.69, 9.17) is 14.7 Å². The van der Waals surface area contributed by atoms with Gasteiger partial charge < -0.3 is 14.8 Å². The summed E-state index contributed by atoms with van der Waals surface area (Å²) in [6.07, 6.45) is 0.419. The van der Waals surface area contributed by atoms with E-state index in [-0.39, 0.29) is 12.4 Å². The minimum atomic E-state index is -0.614. The zero-order valence-electron chi connectivity index (χ0n) is 14.7. The molecule has 0 radical (unpaired) electrons. The Hall–Kier alpha value is -3.33. The number of nitrogens with zero attached hydrogens (tertiary/aromatic N) is 1. The minimum absolute atomic E-state index is 0.127. The molecule has 1 amide bonds. The van der Waals surface area contributed by atoms with Crippen molar-refractivity contribution in [1.82, 2.24) is 5.32 Å². The van der Waals surface area contributed by atoms with Crippen molar-refractivity contribution in [3.8, 4) is 17.6 Å². The number of ether oxygens (including phenoxy) is 2. The first-order chi connectivity index (χ1) is 12.5. The fourth-order valence-electron chi connectivity index (χ4n) is 2.38. The van der Waals surface area contributed by atoms with Crippen molar-refractivity contribution in [2.45, 2.75) is 19.4 Å². The topological polar surface area (TPSA) is 88.4 Å². The van der Waals surface area contributed by atoms with E-state index in [0.29, 0.717) is 23.5 Å². The fraction of sp³-hybridized carbons (Fsp3) is 0.250. The number of amides is 1. The molecule has 0 saturated heterocycles. The number of hydrogen-bond acceptors (Lipinski definition) is 5. The summed E-state index contributed by atoms with van der Waals surface area (Å²) < 4.78 is 10.6. The second-order valence-electron chi connectivity index (χ2n) is 5.69. The molecule has 0 aliphatic carbocycles. The minimum Gasteiger partial charge on any atom is -0.493 e. The molecule has 0 fully saturated rings. The Morgan fingerprint density at radius 2 is 1.88 bits per heavy atom. The highest BCUT2D eigenvalue weighted by atomic mass is 16.5. The first-order valence-corrected chi connectivity index (χ1v) is 8.08. The number of methoxy groups -OCH3 is 1. The van der Waals surface area contributed by atoms with Gasteiger partial charge in [-0.1, -0.05) is 30.3 Å². The molecule has 6 heteroatoms. The van der Waals surface area contributed by atoms with Crippen LogP contribution in [0.25, 0.3) is 0 Å². The molecule has 0 aliphatic heterocycles. The van der Waals surface area contributed by atoms with Gasteiger partial charge in [0.15, 0.2) is 23.9 Å². The van der Waals surface area contributed by atoms with Gasteiger partial charge in [0.05, 0.1) is 24.8 Å². The van der Waals surface area contributed by atoms with E-state index in [1.165, 1.54) is 20.1 Å². The van der Waals surface area contributed by atoms with E-state index in [0.717, 1.165) is 5.56 Å². The Bertz CT molecular complexity index is 812. The van der Waals surface area contributed by atoms with Crippen molar-refractivity contribution in [2.24, 2.45) is 0 Å². The van der Waals surface area contributed by atoms with Gasteiger partial charge in [0, 0.05) is 6.07 Å². The molecular weight excluding hydrogens is 332 g/mol. The van der Waals surface area contributed by atoms with Crippen LogP contribution in [0.5, 0.6) is 11.5 Å². The number of carbonyl (C=O) groups excluding carboxylic acids is 2. The summed E-state index contributed by atoms with van der Waals surface area (Å²) in [5, 5.41) is 11.6. The molecule has 2 aromatic rings. The first kappa shape index (κ1) is 19.0. The Morgan fingerprint density at radius 1 is 1.15 bits per heavy atom. The van der Waals surface area contributed by atoms with Gasteiger partial charge in [0.1, 0.15) is 0 Å². The van der Waals surface area contributed by atoms with E-state index in [1.807, 2.05) is 36.4 Å². The molecule has 134 valence electrons. The average Bonchev–Trinajstić information content (AvgIpc) is 2.66. The third-order valence-corrected chi connectivity index (χ3v) is 3.76. The second kappa shape index (κ2) is 9.23. The molecule has 0 aliphatic rings. The predicted molar refractivity (Wildman–Crippen MR) is 96.0 cm³/mol. The van der Waals surface area contributed by atoms with Crippen LogP contribution in [0.4, 0.5) is 0 Å². The summed E-state index contributed by atoms with van der Waals surface area (Å²) in [6.45, 7) is 1.18. The highest BCUT2D eigenvalue weighted by Gasteiger charge is 2.18. The quantitative estimate of drug-likeness (QED) is 0.787. The van der Waals surface area contributed by atoms with Crippen LogP contribution < -0.4 is 14.8 Å². The summed E-state index contributed by atoms with van der Waals surface area (Å²) in [5.74, 6) is 0.180. The molecule has 6 nitrogen and oxygen atoms in total. The normalized spacial score (nSPS) is 11.1. The van der Waals surface area contributed by atoms with E-state index in [9.17, 15) is 9.59 Å². The Labute approximate surface area is 152 Å². The number of carbonyl (C=O) groups is 2. The lowest BCUT2D eigenvalue weighted by Crippen LogP contribution is -2.43. The van der Waals surface area contributed by atoms with Crippen LogP contribution in [-0.2, 0) is 16.0 Å². The third kappa shape index (κ3) is 5.35. The summed E-state index contributed by atoms with van der Waals surface area (Å²) >= 11 is 0. The van der Waals surface area contributed by atoms with Gasteiger partial charge in [0.25, 0.3) is 5.91 Å². The van der Waals surface area contributed by atoms with Crippen LogP contribution in [-0.4, -0.2) is 31.4 Å². The van der Waals surface area contributed by atoms with Gasteiger partial charge >= 0.3 is 0 Å².